The minimum atomic E-state index is -0.877. The van der Waals surface area contributed by atoms with E-state index in [-0.39, 0.29) is 19.5 Å². The molecule has 0 amide bonds. The third kappa shape index (κ3) is 11.3. The van der Waals surface area contributed by atoms with Crippen molar-refractivity contribution < 1.29 is 19.5 Å². The molecule has 0 saturated heterocycles. The molecule has 3 heteroatoms. The van der Waals surface area contributed by atoms with Crippen LogP contribution in [0, 0.1) is 0 Å². The minimum absolute atomic E-state index is 0. The van der Waals surface area contributed by atoms with E-state index in [1.165, 1.54) is 43.0 Å². The summed E-state index contributed by atoms with van der Waals surface area (Å²) in [5.41, 5.74) is 2.59. The fraction of sp³-hybridized carbons (Fsp3) is 0.0444. The quantitative estimate of drug-likeness (QED) is 0.0633. The van der Waals surface area contributed by atoms with E-state index in [1.807, 2.05) is 6.92 Å². The van der Waals surface area contributed by atoms with E-state index in [0.29, 0.717) is 0 Å². The first-order chi connectivity index (χ1) is 23.2. The average molecular weight is 748 g/mol. The Balaban J connectivity index is 0.000000171. The van der Waals surface area contributed by atoms with Crippen LogP contribution >= 0.6 is 15.8 Å². The second kappa shape index (κ2) is 20.3. The van der Waals surface area contributed by atoms with Gasteiger partial charge in [-0.1, -0.05) is 121 Å². The first kappa shape index (κ1) is 36.7. The number of hydrogen-bond donors (Lipinski definition) is 0. The largest absolute Gasteiger partial charge is 0.102 e. The summed E-state index contributed by atoms with van der Waals surface area (Å²) >= 11 is 0. The zero-order chi connectivity index (χ0) is 32.5. The van der Waals surface area contributed by atoms with Crippen molar-refractivity contribution in [2.45, 2.75) is 13.3 Å². The summed E-state index contributed by atoms with van der Waals surface area (Å²) < 4.78 is 0. The SMILES string of the molecule is C=C(C)C[c-]1cccc1.[RuH].c1ccc([PH+](c2ccccc2)c2ccccc2)cc1.c1ccc([PH+](c2ccccc2)c2ccccc2)cc1. The number of hydrogen-bond acceptors (Lipinski definition) is 0. The van der Waals surface area contributed by atoms with E-state index in [1.54, 1.807) is 0 Å². The maximum Gasteiger partial charge on any atom is 0.102 e. The third-order valence-corrected chi connectivity index (χ3v) is 13.1. The Kier molecular flexibility index (Phi) is 15.5. The molecule has 0 heterocycles. The van der Waals surface area contributed by atoms with Crippen molar-refractivity contribution in [2.24, 2.45) is 0 Å². The van der Waals surface area contributed by atoms with Gasteiger partial charge in [-0.15, -0.1) is 6.58 Å². The van der Waals surface area contributed by atoms with Gasteiger partial charge in [-0.2, -0.15) is 17.7 Å². The summed E-state index contributed by atoms with van der Waals surface area (Å²) in [7, 11) is -1.75. The molecule has 7 aromatic carbocycles. The zero-order valence-electron chi connectivity index (χ0n) is 27.4. The van der Waals surface area contributed by atoms with Crippen LogP contribution in [0.25, 0.3) is 0 Å². The van der Waals surface area contributed by atoms with Crippen molar-refractivity contribution in [1.29, 1.82) is 0 Å². The summed E-state index contributed by atoms with van der Waals surface area (Å²) in [5, 5.41) is 8.61. The van der Waals surface area contributed by atoms with Crippen LogP contribution in [0.3, 0.4) is 0 Å². The molecule has 0 aliphatic carbocycles. The molecule has 0 unspecified atom stereocenters. The van der Waals surface area contributed by atoms with Crippen LogP contribution in [0.15, 0.2) is 218 Å². The normalized spacial score (nSPS) is 10.1. The van der Waals surface area contributed by atoms with Crippen LogP contribution in [0.4, 0.5) is 0 Å². The Hall–Kier alpha value is -4.11. The number of rotatable bonds is 8. The van der Waals surface area contributed by atoms with Gasteiger partial charge in [0.15, 0.2) is 0 Å². The smallest absolute Gasteiger partial charge is 0.0620 e. The Labute approximate surface area is 302 Å². The summed E-state index contributed by atoms with van der Waals surface area (Å²) in [6.45, 7) is 5.88. The summed E-state index contributed by atoms with van der Waals surface area (Å²) in [5.74, 6) is 0. The molecule has 0 atom stereocenters. The molecule has 241 valence electrons. The van der Waals surface area contributed by atoms with Gasteiger partial charge in [-0.05, 0) is 79.7 Å². The van der Waals surface area contributed by atoms with E-state index >= 15 is 0 Å². The van der Waals surface area contributed by atoms with Crippen molar-refractivity contribution in [3.05, 3.63) is 224 Å². The second-order valence-electron chi connectivity index (χ2n) is 11.4. The van der Waals surface area contributed by atoms with Gasteiger partial charge in [0.05, 0.1) is 15.8 Å². The van der Waals surface area contributed by atoms with Gasteiger partial charge in [0.25, 0.3) is 0 Å². The minimum Gasteiger partial charge on any atom is -0.0620 e. The van der Waals surface area contributed by atoms with Gasteiger partial charge >= 0.3 is 19.5 Å². The predicted octanol–water partition coefficient (Wildman–Crippen LogP) is 8.61. The standard InChI is InChI=1S/2C18H15P.C9H11.Ru.H/c2*1-4-10-16(11-5-1)19(17-12-6-2-7-13-17)18-14-8-3-9-15-18;1-8(2)7-9-5-3-4-6-9;;/h2*1-15H;3-6H,1,7H2,2H3;;/q;;-1;;/p+2. The molecule has 0 fully saturated rings. The Morgan fingerprint density at radius 3 is 0.792 bits per heavy atom. The first-order valence-electron chi connectivity index (χ1n) is 16.1. The topological polar surface area (TPSA) is 0 Å². The van der Waals surface area contributed by atoms with Crippen LogP contribution in [0.5, 0.6) is 0 Å². The average Bonchev–Trinajstić information content (AvgIpc) is 3.65. The van der Waals surface area contributed by atoms with Gasteiger partial charge in [0.1, 0.15) is 31.8 Å². The first-order valence-corrected chi connectivity index (χ1v) is 19.1. The molecule has 0 aliphatic rings. The van der Waals surface area contributed by atoms with Crippen molar-refractivity contribution in [3.8, 4) is 0 Å². The Morgan fingerprint density at radius 1 is 0.396 bits per heavy atom. The van der Waals surface area contributed by atoms with Gasteiger partial charge in [0.2, 0.25) is 0 Å². The van der Waals surface area contributed by atoms with Crippen LogP contribution < -0.4 is 31.8 Å². The fourth-order valence-corrected chi connectivity index (χ4v) is 10.7. The second-order valence-corrected chi connectivity index (χ2v) is 16.3. The maximum absolute atomic E-state index is 3.83. The van der Waals surface area contributed by atoms with Crippen molar-refractivity contribution in [3.63, 3.8) is 0 Å². The maximum atomic E-state index is 3.83. The zero-order valence-corrected chi connectivity index (χ0v) is 31.3. The molecular weight excluding hydrogens is 704 g/mol. The van der Waals surface area contributed by atoms with Crippen molar-refractivity contribution in [2.75, 3.05) is 0 Å². The van der Waals surface area contributed by atoms with E-state index in [0.717, 1.165) is 6.42 Å². The predicted molar refractivity (Wildman–Crippen MR) is 215 cm³/mol. The van der Waals surface area contributed by atoms with Gasteiger partial charge < -0.3 is 0 Å². The summed E-state index contributed by atoms with van der Waals surface area (Å²) in [4.78, 5) is 0. The van der Waals surface area contributed by atoms with Crippen molar-refractivity contribution in [1.82, 2.24) is 0 Å². The monoisotopic (exact) mass is 748 g/mol. The molecule has 7 aromatic rings. The van der Waals surface area contributed by atoms with E-state index in [9.17, 15) is 0 Å². The van der Waals surface area contributed by atoms with E-state index < -0.39 is 15.8 Å². The Bertz CT molecular complexity index is 1540. The van der Waals surface area contributed by atoms with E-state index in [4.69, 9.17) is 0 Å². The van der Waals surface area contributed by atoms with Crippen molar-refractivity contribution >= 4 is 47.7 Å². The molecule has 0 radical (unpaired) electrons. The molecule has 0 aliphatic heterocycles. The molecule has 48 heavy (non-hydrogen) atoms. The molecule has 0 nitrogen and oxygen atoms in total. The van der Waals surface area contributed by atoms with Crippen LogP contribution in [-0.4, -0.2) is 0 Å². The van der Waals surface area contributed by atoms with Crippen LogP contribution in [0.1, 0.15) is 12.5 Å². The number of benzene rings is 6. The fourth-order valence-electron chi connectivity index (χ4n) is 5.51. The molecule has 0 aromatic heterocycles. The molecule has 0 saturated carbocycles. The summed E-state index contributed by atoms with van der Waals surface area (Å²) in [6, 6.07) is 73.3. The van der Waals surface area contributed by atoms with Gasteiger partial charge in [0, 0.05) is 0 Å². The van der Waals surface area contributed by atoms with E-state index in [2.05, 4.69) is 213 Å². The number of allylic oxidation sites excluding steroid dienone is 1. The van der Waals surface area contributed by atoms with Gasteiger partial charge in [-0.25, -0.2) is 12.1 Å². The van der Waals surface area contributed by atoms with Crippen LogP contribution in [-0.2, 0) is 25.9 Å². The molecule has 0 bridgehead atoms. The summed E-state index contributed by atoms with van der Waals surface area (Å²) in [6.07, 6.45) is 1.02. The molecule has 7 rings (SSSR count). The molecular formula is C45H44P2Ru+. The molecule has 0 spiro atoms. The Morgan fingerprint density at radius 2 is 0.604 bits per heavy atom. The van der Waals surface area contributed by atoms with Gasteiger partial charge in [-0.3, -0.25) is 0 Å². The third-order valence-electron chi connectivity index (χ3n) is 7.61. The molecule has 0 N–H and O–H groups in total. The van der Waals surface area contributed by atoms with Crippen LogP contribution in [0.2, 0.25) is 0 Å².